The third-order valence-corrected chi connectivity index (χ3v) is 7.61. The Hall–Kier alpha value is -1.66. The lowest BCUT2D eigenvalue weighted by Crippen LogP contribution is -2.19. The highest BCUT2D eigenvalue weighted by atomic mass is 32.2. The number of rotatable bonds is 7. The average molecular weight is 409 g/mol. The van der Waals surface area contributed by atoms with Gasteiger partial charge in [-0.25, -0.2) is 12.8 Å². The van der Waals surface area contributed by atoms with Gasteiger partial charge in [0.05, 0.1) is 18.5 Å². The van der Waals surface area contributed by atoms with Crippen molar-refractivity contribution in [3.63, 3.8) is 0 Å². The van der Waals surface area contributed by atoms with Gasteiger partial charge in [0.1, 0.15) is 5.25 Å². The van der Waals surface area contributed by atoms with Crippen LogP contribution in [0.25, 0.3) is 6.08 Å². The standard InChI is InChI=1S/C22H29FO4S/c1-4-5-15(10-16-6-8-19(24)18(23)11-16)7-9-20-22-17(14(2)3)13-28(25,26)21(22)12-27-20/h6,8,10-11,14,20-21,24H,4-5,7,9,12-13H2,1-3H3/b15-10+/t20-,21+/m1/s1. The molecule has 0 amide bonds. The minimum atomic E-state index is -3.14. The summed E-state index contributed by atoms with van der Waals surface area (Å²) in [5.74, 6) is -0.621. The lowest BCUT2D eigenvalue weighted by Gasteiger charge is -2.17. The van der Waals surface area contributed by atoms with Gasteiger partial charge in [0, 0.05) is 0 Å². The van der Waals surface area contributed by atoms with Gasteiger partial charge in [0.15, 0.2) is 21.4 Å². The SMILES string of the molecule is CCC/C(=C\c1ccc(O)c(F)c1)CC[C@H]1OC[C@H]2C1=C(C(C)C)CS2(=O)=O. The van der Waals surface area contributed by atoms with Crippen LogP contribution in [0.3, 0.4) is 0 Å². The molecule has 0 bridgehead atoms. The molecule has 28 heavy (non-hydrogen) atoms. The third kappa shape index (κ3) is 4.33. The van der Waals surface area contributed by atoms with Crippen LogP contribution >= 0.6 is 0 Å². The zero-order valence-corrected chi connectivity index (χ0v) is 17.6. The van der Waals surface area contributed by atoms with Crippen molar-refractivity contribution < 1.29 is 22.7 Å². The van der Waals surface area contributed by atoms with E-state index in [-0.39, 0.29) is 30.1 Å². The Morgan fingerprint density at radius 2 is 2.11 bits per heavy atom. The summed E-state index contributed by atoms with van der Waals surface area (Å²) >= 11 is 0. The second-order valence-electron chi connectivity index (χ2n) is 8.06. The van der Waals surface area contributed by atoms with E-state index < -0.39 is 20.9 Å². The molecule has 2 aliphatic heterocycles. The first-order chi connectivity index (χ1) is 13.2. The zero-order chi connectivity index (χ0) is 20.5. The molecule has 0 aliphatic carbocycles. The molecule has 2 atom stereocenters. The highest BCUT2D eigenvalue weighted by Gasteiger charge is 2.47. The van der Waals surface area contributed by atoms with Crippen LogP contribution in [0.5, 0.6) is 5.75 Å². The van der Waals surface area contributed by atoms with Crippen LogP contribution in [0.1, 0.15) is 52.0 Å². The molecule has 1 saturated heterocycles. The molecule has 2 aliphatic rings. The summed E-state index contributed by atoms with van der Waals surface area (Å²) in [4.78, 5) is 0. The maximum absolute atomic E-state index is 13.6. The minimum Gasteiger partial charge on any atom is -0.505 e. The average Bonchev–Trinajstić information content (AvgIpc) is 3.16. The van der Waals surface area contributed by atoms with E-state index in [0.717, 1.165) is 42.4 Å². The molecule has 1 aromatic carbocycles. The van der Waals surface area contributed by atoms with E-state index in [9.17, 15) is 17.9 Å². The predicted octanol–water partition coefficient (Wildman–Crippen LogP) is 4.64. The molecule has 0 unspecified atom stereocenters. The number of phenols is 1. The molecule has 4 nitrogen and oxygen atoms in total. The number of aromatic hydroxyl groups is 1. The van der Waals surface area contributed by atoms with Crippen LogP contribution in [-0.2, 0) is 14.6 Å². The van der Waals surface area contributed by atoms with E-state index in [1.54, 1.807) is 6.07 Å². The summed E-state index contributed by atoms with van der Waals surface area (Å²) in [7, 11) is -3.14. The monoisotopic (exact) mass is 408 g/mol. The molecule has 0 saturated carbocycles. The van der Waals surface area contributed by atoms with Crippen LogP contribution in [-0.4, -0.2) is 37.2 Å². The van der Waals surface area contributed by atoms with Crippen LogP contribution < -0.4 is 0 Å². The molecular formula is C22H29FO4S. The predicted molar refractivity (Wildman–Crippen MR) is 109 cm³/mol. The fraction of sp³-hybridized carbons (Fsp3) is 0.545. The quantitative estimate of drug-likeness (QED) is 0.668. The Morgan fingerprint density at radius 3 is 2.75 bits per heavy atom. The summed E-state index contributed by atoms with van der Waals surface area (Å²) in [5, 5.41) is 8.89. The molecule has 1 N–H and O–H groups in total. The van der Waals surface area contributed by atoms with E-state index >= 15 is 0 Å². The summed E-state index contributed by atoms with van der Waals surface area (Å²) < 4.78 is 44.4. The van der Waals surface area contributed by atoms with Gasteiger partial charge in [-0.05, 0) is 54.0 Å². The molecular weight excluding hydrogens is 379 g/mol. The molecule has 0 aromatic heterocycles. The first-order valence-corrected chi connectivity index (χ1v) is 11.7. The van der Waals surface area contributed by atoms with Crippen LogP contribution in [0.2, 0.25) is 0 Å². The molecule has 3 rings (SSSR count). The molecule has 2 heterocycles. The Morgan fingerprint density at radius 1 is 1.36 bits per heavy atom. The molecule has 6 heteroatoms. The van der Waals surface area contributed by atoms with Crippen molar-refractivity contribution in [1.82, 2.24) is 0 Å². The number of phenolic OH excluding ortho intramolecular Hbond substituents is 1. The van der Waals surface area contributed by atoms with Crippen molar-refractivity contribution in [3.05, 3.63) is 46.3 Å². The Labute approximate surface area is 167 Å². The van der Waals surface area contributed by atoms with Gasteiger partial charge < -0.3 is 9.84 Å². The molecule has 1 aromatic rings. The highest BCUT2D eigenvalue weighted by Crippen LogP contribution is 2.41. The van der Waals surface area contributed by atoms with Gasteiger partial charge in [-0.3, -0.25) is 0 Å². The van der Waals surface area contributed by atoms with E-state index in [4.69, 9.17) is 4.74 Å². The van der Waals surface area contributed by atoms with E-state index in [1.165, 1.54) is 17.7 Å². The number of benzene rings is 1. The summed E-state index contributed by atoms with van der Waals surface area (Å²) in [6.07, 6.45) is 5.15. The van der Waals surface area contributed by atoms with Crippen LogP contribution in [0, 0.1) is 11.7 Å². The second kappa shape index (κ2) is 8.37. The Balaban J connectivity index is 1.78. The molecule has 0 radical (unpaired) electrons. The number of halogens is 1. The van der Waals surface area contributed by atoms with Crippen molar-refractivity contribution >= 4 is 15.9 Å². The van der Waals surface area contributed by atoms with Gasteiger partial charge in [-0.2, -0.15) is 0 Å². The number of hydrogen-bond acceptors (Lipinski definition) is 4. The zero-order valence-electron chi connectivity index (χ0n) is 16.7. The van der Waals surface area contributed by atoms with E-state index in [2.05, 4.69) is 6.92 Å². The van der Waals surface area contributed by atoms with Gasteiger partial charge in [-0.15, -0.1) is 0 Å². The molecule has 154 valence electrons. The fourth-order valence-corrected chi connectivity index (χ4v) is 6.31. The van der Waals surface area contributed by atoms with Gasteiger partial charge >= 0.3 is 0 Å². The van der Waals surface area contributed by atoms with Crippen molar-refractivity contribution in [2.24, 2.45) is 5.92 Å². The number of hydrogen-bond donors (Lipinski definition) is 1. The summed E-state index contributed by atoms with van der Waals surface area (Å²) in [5.41, 5.74) is 3.90. The van der Waals surface area contributed by atoms with Crippen LogP contribution in [0.15, 0.2) is 34.9 Å². The largest absolute Gasteiger partial charge is 0.505 e. The molecule has 0 spiro atoms. The number of allylic oxidation sites excluding steroid dienone is 1. The van der Waals surface area contributed by atoms with Crippen molar-refractivity contribution in [2.75, 3.05) is 12.4 Å². The Bertz CT molecular complexity index is 899. The number of fused-ring (bicyclic) bond motifs is 1. The van der Waals surface area contributed by atoms with E-state index in [1.807, 2.05) is 19.9 Å². The minimum absolute atomic E-state index is 0.156. The normalized spacial score (nSPS) is 24.2. The van der Waals surface area contributed by atoms with Gasteiger partial charge in [-0.1, -0.05) is 44.9 Å². The Kier molecular flexibility index (Phi) is 6.30. The second-order valence-corrected chi connectivity index (χ2v) is 10.2. The first kappa shape index (κ1) is 21.1. The van der Waals surface area contributed by atoms with Crippen molar-refractivity contribution in [3.8, 4) is 5.75 Å². The maximum Gasteiger partial charge on any atom is 0.165 e. The number of sulfone groups is 1. The lowest BCUT2D eigenvalue weighted by molar-refractivity contribution is 0.117. The van der Waals surface area contributed by atoms with Crippen molar-refractivity contribution in [1.29, 1.82) is 0 Å². The lowest BCUT2D eigenvalue weighted by atomic mass is 9.91. The van der Waals surface area contributed by atoms with Crippen molar-refractivity contribution in [2.45, 2.75) is 57.8 Å². The van der Waals surface area contributed by atoms with E-state index in [0.29, 0.717) is 0 Å². The maximum atomic E-state index is 13.6. The highest BCUT2D eigenvalue weighted by molar-refractivity contribution is 7.92. The topological polar surface area (TPSA) is 63.6 Å². The van der Waals surface area contributed by atoms with Gasteiger partial charge in [0.25, 0.3) is 0 Å². The smallest absolute Gasteiger partial charge is 0.165 e. The third-order valence-electron chi connectivity index (χ3n) is 5.64. The summed E-state index contributed by atoms with van der Waals surface area (Å²) in [6, 6.07) is 4.38. The van der Waals surface area contributed by atoms with Gasteiger partial charge in [0.2, 0.25) is 0 Å². The van der Waals surface area contributed by atoms with Crippen LogP contribution in [0.4, 0.5) is 4.39 Å². The fourth-order valence-electron chi connectivity index (χ4n) is 4.20. The molecule has 1 fully saturated rings. The summed E-state index contributed by atoms with van der Waals surface area (Å²) in [6.45, 7) is 6.43. The first-order valence-electron chi connectivity index (χ1n) is 9.97. The number of ether oxygens (including phenoxy) is 1.